The predicted octanol–water partition coefficient (Wildman–Crippen LogP) is 2.57. The highest BCUT2D eigenvalue weighted by Crippen LogP contribution is 2.20. The van der Waals surface area contributed by atoms with Gasteiger partial charge in [0.2, 0.25) is 0 Å². The lowest BCUT2D eigenvalue weighted by molar-refractivity contribution is 0.689. The van der Waals surface area contributed by atoms with E-state index in [9.17, 15) is 0 Å². The van der Waals surface area contributed by atoms with Crippen molar-refractivity contribution in [2.24, 2.45) is 0 Å². The molecule has 1 N–H and O–H groups in total. The molecule has 0 saturated carbocycles. The first-order valence-electron chi connectivity index (χ1n) is 6.31. The van der Waals surface area contributed by atoms with Crippen LogP contribution in [0, 0.1) is 6.92 Å². The Morgan fingerprint density at radius 3 is 2.89 bits per heavy atom. The Bertz CT molecular complexity index is 492. The molecule has 1 unspecified atom stereocenters. The Morgan fingerprint density at radius 1 is 1.39 bits per heavy atom. The Balaban J connectivity index is 2.22. The van der Waals surface area contributed by atoms with Crippen LogP contribution in [0.2, 0.25) is 0 Å². The standard InChI is InChI=1S/C13H19N5/c1-4-5-11(3)15-13-8-12(7-6-10(13)2)18-9-14-16-17-18/h6-9,11,15H,4-5H2,1-3H3. The summed E-state index contributed by atoms with van der Waals surface area (Å²) in [6, 6.07) is 6.65. The summed E-state index contributed by atoms with van der Waals surface area (Å²) in [5, 5.41) is 14.7. The van der Waals surface area contributed by atoms with Gasteiger partial charge in [0.1, 0.15) is 6.33 Å². The first-order chi connectivity index (χ1) is 8.70. The third-order valence-corrected chi connectivity index (χ3v) is 2.96. The van der Waals surface area contributed by atoms with Gasteiger partial charge in [-0.25, -0.2) is 4.68 Å². The van der Waals surface area contributed by atoms with Crippen molar-refractivity contribution in [2.75, 3.05) is 5.32 Å². The van der Waals surface area contributed by atoms with E-state index in [0.29, 0.717) is 6.04 Å². The highest BCUT2D eigenvalue weighted by Gasteiger charge is 2.06. The van der Waals surface area contributed by atoms with E-state index in [1.54, 1.807) is 11.0 Å². The number of aromatic nitrogens is 4. The van der Waals surface area contributed by atoms with E-state index in [-0.39, 0.29) is 0 Å². The van der Waals surface area contributed by atoms with Crippen molar-refractivity contribution in [1.29, 1.82) is 0 Å². The molecular weight excluding hydrogens is 226 g/mol. The number of hydrogen-bond acceptors (Lipinski definition) is 4. The average Bonchev–Trinajstić information content (AvgIpc) is 2.86. The number of tetrazole rings is 1. The minimum absolute atomic E-state index is 0.470. The van der Waals surface area contributed by atoms with E-state index in [4.69, 9.17) is 0 Å². The highest BCUT2D eigenvalue weighted by molar-refractivity contribution is 5.56. The summed E-state index contributed by atoms with van der Waals surface area (Å²) in [6.07, 6.45) is 3.94. The highest BCUT2D eigenvalue weighted by atomic mass is 15.5. The van der Waals surface area contributed by atoms with E-state index in [2.05, 4.69) is 53.7 Å². The number of benzene rings is 1. The van der Waals surface area contributed by atoms with Gasteiger partial charge in [-0.2, -0.15) is 0 Å². The summed E-state index contributed by atoms with van der Waals surface area (Å²) in [6.45, 7) is 6.50. The topological polar surface area (TPSA) is 55.6 Å². The molecule has 0 saturated heterocycles. The number of nitrogens with zero attached hydrogens (tertiary/aromatic N) is 4. The van der Waals surface area contributed by atoms with Gasteiger partial charge in [0.05, 0.1) is 5.69 Å². The van der Waals surface area contributed by atoms with Crippen molar-refractivity contribution < 1.29 is 0 Å². The minimum Gasteiger partial charge on any atom is -0.382 e. The van der Waals surface area contributed by atoms with Gasteiger partial charge >= 0.3 is 0 Å². The molecule has 0 bridgehead atoms. The van der Waals surface area contributed by atoms with Crippen LogP contribution in [0.3, 0.4) is 0 Å². The molecule has 96 valence electrons. The van der Waals surface area contributed by atoms with Gasteiger partial charge in [-0.1, -0.05) is 19.4 Å². The molecule has 2 rings (SSSR count). The second-order valence-electron chi connectivity index (χ2n) is 4.59. The number of aryl methyl sites for hydroxylation is 1. The lowest BCUT2D eigenvalue weighted by Crippen LogP contribution is -2.15. The van der Waals surface area contributed by atoms with Crippen LogP contribution in [0.5, 0.6) is 0 Å². The quantitative estimate of drug-likeness (QED) is 0.879. The third-order valence-electron chi connectivity index (χ3n) is 2.96. The van der Waals surface area contributed by atoms with Gasteiger partial charge in [-0.3, -0.25) is 0 Å². The number of hydrogen-bond donors (Lipinski definition) is 1. The summed E-state index contributed by atoms with van der Waals surface area (Å²) < 4.78 is 1.66. The molecule has 1 aromatic carbocycles. The van der Waals surface area contributed by atoms with Gasteiger partial charge in [0.15, 0.2) is 0 Å². The maximum Gasteiger partial charge on any atom is 0.143 e. The van der Waals surface area contributed by atoms with Crippen LogP contribution < -0.4 is 5.32 Å². The van der Waals surface area contributed by atoms with Crippen LogP contribution in [-0.2, 0) is 0 Å². The van der Waals surface area contributed by atoms with E-state index >= 15 is 0 Å². The molecule has 1 aromatic heterocycles. The maximum atomic E-state index is 3.90. The molecule has 0 aliphatic carbocycles. The Morgan fingerprint density at radius 2 is 2.22 bits per heavy atom. The molecule has 5 nitrogen and oxygen atoms in total. The molecular formula is C13H19N5. The molecule has 18 heavy (non-hydrogen) atoms. The lowest BCUT2D eigenvalue weighted by atomic mass is 10.1. The van der Waals surface area contributed by atoms with Crippen molar-refractivity contribution in [2.45, 2.75) is 39.7 Å². The molecule has 0 fully saturated rings. The summed E-state index contributed by atoms with van der Waals surface area (Å²) >= 11 is 0. The third kappa shape index (κ3) is 2.85. The largest absolute Gasteiger partial charge is 0.382 e. The predicted molar refractivity (Wildman–Crippen MR) is 71.9 cm³/mol. The van der Waals surface area contributed by atoms with E-state index < -0.39 is 0 Å². The van der Waals surface area contributed by atoms with Crippen molar-refractivity contribution >= 4 is 5.69 Å². The molecule has 0 aliphatic heterocycles. The van der Waals surface area contributed by atoms with Gasteiger partial charge in [0, 0.05) is 11.7 Å². The summed E-state index contributed by atoms with van der Waals surface area (Å²) in [7, 11) is 0. The zero-order chi connectivity index (χ0) is 13.0. The van der Waals surface area contributed by atoms with Crippen LogP contribution in [0.15, 0.2) is 24.5 Å². The van der Waals surface area contributed by atoms with Crippen molar-refractivity contribution in [3.63, 3.8) is 0 Å². The van der Waals surface area contributed by atoms with Crippen LogP contribution in [0.4, 0.5) is 5.69 Å². The normalized spacial score (nSPS) is 12.4. The van der Waals surface area contributed by atoms with Crippen LogP contribution >= 0.6 is 0 Å². The fraction of sp³-hybridized carbons (Fsp3) is 0.462. The number of nitrogens with one attached hydrogen (secondary N) is 1. The van der Waals surface area contributed by atoms with Gasteiger partial charge < -0.3 is 5.32 Å². The molecule has 1 heterocycles. The van der Waals surface area contributed by atoms with Crippen molar-refractivity contribution in [3.05, 3.63) is 30.1 Å². The van der Waals surface area contributed by atoms with Crippen LogP contribution in [0.1, 0.15) is 32.3 Å². The van der Waals surface area contributed by atoms with E-state index in [1.807, 2.05) is 6.07 Å². The van der Waals surface area contributed by atoms with Crippen LogP contribution in [-0.4, -0.2) is 26.2 Å². The summed E-state index contributed by atoms with van der Waals surface area (Å²) in [5.74, 6) is 0. The fourth-order valence-electron chi connectivity index (χ4n) is 1.96. The zero-order valence-electron chi connectivity index (χ0n) is 11.1. The zero-order valence-corrected chi connectivity index (χ0v) is 11.1. The Labute approximate surface area is 107 Å². The maximum absolute atomic E-state index is 3.90. The molecule has 2 aromatic rings. The molecule has 0 aliphatic rings. The van der Waals surface area contributed by atoms with Crippen molar-refractivity contribution in [3.8, 4) is 5.69 Å². The molecule has 1 atom stereocenters. The van der Waals surface area contributed by atoms with Gasteiger partial charge in [0.25, 0.3) is 0 Å². The summed E-state index contributed by atoms with van der Waals surface area (Å²) in [5.41, 5.74) is 3.34. The molecule has 0 radical (unpaired) electrons. The number of rotatable bonds is 5. The lowest BCUT2D eigenvalue weighted by Gasteiger charge is -2.17. The van der Waals surface area contributed by atoms with Gasteiger partial charge in [-0.05, 0) is 48.4 Å². The molecule has 0 amide bonds. The summed E-state index contributed by atoms with van der Waals surface area (Å²) in [4.78, 5) is 0. The molecule has 5 heteroatoms. The monoisotopic (exact) mass is 245 g/mol. The Kier molecular flexibility index (Phi) is 3.92. The second kappa shape index (κ2) is 5.62. The van der Waals surface area contributed by atoms with E-state index in [0.717, 1.165) is 17.8 Å². The first kappa shape index (κ1) is 12.5. The van der Waals surface area contributed by atoms with Crippen LogP contribution in [0.25, 0.3) is 5.69 Å². The average molecular weight is 245 g/mol. The fourth-order valence-corrected chi connectivity index (χ4v) is 1.96. The van der Waals surface area contributed by atoms with Gasteiger partial charge in [-0.15, -0.1) is 5.10 Å². The number of anilines is 1. The SMILES string of the molecule is CCCC(C)Nc1cc(-n2cnnn2)ccc1C. The van der Waals surface area contributed by atoms with Crippen molar-refractivity contribution in [1.82, 2.24) is 20.2 Å². The smallest absolute Gasteiger partial charge is 0.143 e. The molecule has 0 spiro atoms. The first-order valence-corrected chi connectivity index (χ1v) is 6.31. The van der Waals surface area contributed by atoms with E-state index in [1.165, 1.54) is 12.0 Å². The minimum atomic E-state index is 0.470. The Hall–Kier alpha value is -1.91. The second-order valence-corrected chi connectivity index (χ2v) is 4.59.